The lowest BCUT2D eigenvalue weighted by Crippen LogP contribution is -2.15. The zero-order valence-corrected chi connectivity index (χ0v) is 23.5. The number of aromatic nitrogens is 1. The standard InChI is InChI=1S/C34H53NO/c1-3-5-7-8-9-10-12-15-31-21-26-34(35-28-31)32-22-24-33(25-23-32)36-27-13-16-30-19-17-29(18-20-30)14-11-6-4-2/h21-26,28-30H,3-20,27H2,1-2H3. The minimum Gasteiger partial charge on any atom is -0.494 e. The van der Waals surface area contributed by atoms with E-state index in [0.29, 0.717) is 0 Å². The lowest BCUT2D eigenvalue weighted by molar-refractivity contribution is 0.228. The van der Waals surface area contributed by atoms with E-state index in [9.17, 15) is 0 Å². The molecule has 2 aromatic rings. The van der Waals surface area contributed by atoms with Crippen molar-refractivity contribution in [2.75, 3.05) is 6.61 Å². The summed E-state index contributed by atoms with van der Waals surface area (Å²) in [5, 5.41) is 0. The van der Waals surface area contributed by atoms with Crippen LogP contribution in [0.5, 0.6) is 5.75 Å². The molecule has 1 aliphatic carbocycles. The summed E-state index contributed by atoms with van der Waals surface area (Å²) >= 11 is 0. The Morgan fingerprint density at radius 3 is 1.92 bits per heavy atom. The van der Waals surface area contributed by atoms with Crippen molar-refractivity contribution in [3.05, 3.63) is 48.2 Å². The van der Waals surface area contributed by atoms with Crippen LogP contribution in [0.15, 0.2) is 42.6 Å². The van der Waals surface area contributed by atoms with Gasteiger partial charge in [0, 0.05) is 11.8 Å². The van der Waals surface area contributed by atoms with Gasteiger partial charge in [-0.25, -0.2) is 0 Å². The van der Waals surface area contributed by atoms with Gasteiger partial charge in [-0.2, -0.15) is 0 Å². The molecule has 3 rings (SSSR count). The first kappa shape index (κ1) is 28.7. The van der Waals surface area contributed by atoms with E-state index in [-0.39, 0.29) is 0 Å². The number of nitrogens with zero attached hydrogens (tertiary/aromatic N) is 1. The van der Waals surface area contributed by atoms with Gasteiger partial charge in [-0.05, 0) is 73.4 Å². The summed E-state index contributed by atoms with van der Waals surface area (Å²) in [5.74, 6) is 2.92. The summed E-state index contributed by atoms with van der Waals surface area (Å²) in [4.78, 5) is 4.73. The van der Waals surface area contributed by atoms with Crippen LogP contribution in [0.1, 0.15) is 129 Å². The summed E-state index contributed by atoms with van der Waals surface area (Å²) in [6.45, 7) is 5.42. The predicted molar refractivity (Wildman–Crippen MR) is 156 cm³/mol. The molecule has 0 saturated heterocycles. The fourth-order valence-corrected chi connectivity index (χ4v) is 5.81. The molecule has 1 aromatic heterocycles. The van der Waals surface area contributed by atoms with Crippen LogP contribution in [-0.2, 0) is 6.42 Å². The number of pyridine rings is 1. The van der Waals surface area contributed by atoms with Crippen LogP contribution in [0.2, 0.25) is 0 Å². The molecule has 0 bridgehead atoms. The van der Waals surface area contributed by atoms with Crippen molar-refractivity contribution < 1.29 is 4.74 Å². The van der Waals surface area contributed by atoms with Crippen molar-refractivity contribution in [2.45, 2.75) is 129 Å². The number of hydrogen-bond donors (Lipinski definition) is 0. The van der Waals surface area contributed by atoms with Gasteiger partial charge in [0.2, 0.25) is 0 Å². The molecule has 0 spiro atoms. The minimum atomic E-state index is 0.835. The van der Waals surface area contributed by atoms with Crippen molar-refractivity contribution in [3.63, 3.8) is 0 Å². The second-order valence-electron chi connectivity index (χ2n) is 11.3. The Bertz CT molecular complexity index is 789. The van der Waals surface area contributed by atoms with E-state index < -0.39 is 0 Å². The molecule has 1 fully saturated rings. The summed E-state index contributed by atoms with van der Waals surface area (Å²) in [6.07, 6.45) is 26.7. The second kappa shape index (κ2) is 17.6. The van der Waals surface area contributed by atoms with E-state index >= 15 is 0 Å². The van der Waals surface area contributed by atoms with Gasteiger partial charge >= 0.3 is 0 Å². The highest BCUT2D eigenvalue weighted by Crippen LogP contribution is 2.34. The van der Waals surface area contributed by atoms with Crippen LogP contribution in [0.25, 0.3) is 11.3 Å². The van der Waals surface area contributed by atoms with Crippen LogP contribution < -0.4 is 4.74 Å². The largest absolute Gasteiger partial charge is 0.494 e. The van der Waals surface area contributed by atoms with Crippen molar-refractivity contribution >= 4 is 0 Å². The Kier molecular flexibility index (Phi) is 14.0. The molecule has 1 aliphatic rings. The number of hydrogen-bond acceptors (Lipinski definition) is 2. The van der Waals surface area contributed by atoms with E-state index in [0.717, 1.165) is 36.3 Å². The van der Waals surface area contributed by atoms with Gasteiger partial charge in [-0.3, -0.25) is 4.98 Å². The highest BCUT2D eigenvalue weighted by Gasteiger charge is 2.20. The number of rotatable bonds is 18. The number of ether oxygens (including phenoxy) is 1. The Hall–Kier alpha value is -1.83. The SMILES string of the molecule is CCCCCCCCCc1ccc(-c2ccc(OCCCC3CCC(CCCCC)CC3)cc2)nc1. The molecule has 2 nitrogen and oxygen atoms in total. The molecule has 1 saturated carbocycles. The molecule has 200 valence electrons. The van der Waals surface area contributed by atoms with Gasteiger partial charge in [-0.15, -0.1) is 0 Å². The van der Waals surface area contributed by atoms with Crippen LogP contribution in [0.4, 0.5) is 0 Å². The molecule has 1 aromatic carbocycles. The minimum absolute atomic E-state index is 0.835. The van der Waals surface area contributed by atoms with Gasteiger partial charge in [0.05, 0.1) is 12.3 Å². The summed E-state index contributed by atoms with van der Waals surface area (Å²) in [6, 6.07) is 12.9. The van der Waals surface area contributed by atoms with E-state index in [1.807, 2.05) is 0 Å². The van der Waals surface area contributed by atoms with Gasteiger partial charge in [-0.1, -0.05) is 110 Å². The molecular weight excluding hydrogens is 438 g/mol. The fourth-order valence-electron chi connectivity index (χ4n) is 5.81. The van der Waals surface area contributed by atoms with E-state index in [2.05, 4.69) is 56.4 Å². The first-order chi connectivity index (χ1) is 17.8. The maximum atomic E-state index is 6.06. The van der Waals surface area contributed by atoms with E-state index in [1.165, 1.54) is 120 Å². The van der Waals surface area contributed by atoms with Crippen LogP contribution in [-0.4, -0.2) is 11.6 Å². The molecule has 1 heterocycles. The van der Waals surface area contributed by atoms with E-state index in [1.54, 1.807) is 0 Å². The topological polar surface area (TPSA) is 22.1 Å². The van der Waals surface area contributed by atoms with Gasteiger partial charge in [0.15, 0.2) is 0 Å². The highest BCUT2D eigenvalue weighted by molar-refractivity contribution is 5.60. The molecule has 0 amide bonds. The highest BCUT2D eigenvalue weighted by atomic mass is 16.5. The summed E-state index contributed by atoms with van der Waals surface area (Å²) in [5.41, 5.74) is 3.58. The van der Waals surface area contributed by atoms with E-state index in [4.69, 9.17) is 9.72 Å². The molecule has 2 heteroatoms. The molecule has 0 N–H and O–H groups in total. The number of benzene rings is 1. The smallest absolute Gasteiger partial charge is 0.119 e. The Balaban J connectivity index is 1.28. The normalized spacial score (nSPS) is 17.8. The second-order valence-corrected chi connectivity index (χ2v) is 11.3. The number of unbranched alkanes of at least 4 members (excludes halogenated alkanes) is 8. The first-order valence-electron chi connectivity index (χ1n) is 15.5. The lowest BCUT2D eigenvalue weighted by atomic mass is 9.78. The maximum Gasteiger partial charge on any atom is 0.119 e. The van der Waals surface area contributed by atoms with Crippen molar-refractivity contribution in [3.8, 4) is 17.0 Å². The Morgan fingerprint density at radius 2 is 1.28 bits per heavy atom. The molecule has 36 heavy (non-hydrogen) atoms. The van der Waals surface area contributed by atoms with Crippen LogP contribution >= 0.6 is 0 Å². The van der Waals surface area contributed by atoms with Crippen molar-refractivity contribution in [1.29, 1.82) is 0 Å². The first-order valence-corrected chi connectivity index (χ1v) is 15.5. The van der Waals surface area contributed by atoms with Crippen LogP contribution in [0.3, 0.4) is 0 Å². The third-order valence-electron chi connectivity index (χ3n) is 8.25. The third kappa shape index (κ3) is 11.1. The summed E-state index contributed by atoms with van der Waals surface area (Å²) in [7, 11) is 0. The quantitative estimate of drug-likeness (QED) is 0.193. The molecule has 0 radical (unpaired) electrons. The number of aryl methyl sites for hydroxylation is 1. The van der Waals surface area contributed by atoms with Gasteiger partial charge in [0.1, 0.15) is 5.75 Å². The lowest BCUT2D eigenvalue weighted by Gasteiger charge is -2.28. The van der Waals surface area contributed by atoms with Crippen LogP contribution in [0, 0.1) is 11.8 Å². The monoisotopic (exact) mass is 491 g/mol. The molecular formula is C34H53NO. The Morgan fingerprint density at radius 1 is 0.667 bits per heavy atom. The average molecular weight is 492 g/mol. The third-order valence-corrected chi connectivity index (χ3v) is 8.25. The molecule has 0 atom stereocenters. The predicted octanol–water partition coefficient (Wildman–Crippen LogP) is 10.6. The summed E-state index contributed by atoms with van der Waals surface area (Å²) < 4.78 is 6.06. The fraction of sp³-hybridized carbons (Fsp3) is 0.676. The van der Waals surface area contributed by atoms with Gasteiger partial charge in [0.25, 0.3) is 0 Å². The van der Waals surface area contributed by atoms with Crippen molar-refractivity contribution in [1.82, 2.24) is 4.98 Å². The zero-order chi connectivity index (χ0) is 25.3. The molecule has 0 aliphatic heterocycles. The zero-order valence-electron chi connectivity index (χ0n) is 23.5. The maximum absolute atomic E-state index is 6.06. The van der Waals surface area contributed by atoms with Gasteiger partial charge < -0.3 is 4.74 Å². The molecule has 0 unspecified atom stereocenters. The van der Waals surface area contributed by atoms with Crippen molar-refractivity contribution in [2.24, 2.45) is 11.8 Å². The Labute approximate surface area is 222 Å². The average Bonchev–Trinajstić information content (AvgIpc) is 2.92.